The fourth-order valence-corrected chi connectivity index (χ4v) is 5.78. The van der Waals surface area contributed by atoms with Crippen LogP contribution in [0.5, 0.6) is 0 Å². The van der Waals surface area contributed by atoms with Gasteiger partial charge in [0.25, 0.3) is 0 Å². The molecule has 6 rings (SSSR count). The molecule has 11 nitrogen and oxygen atoms in total. The summed E-state index contributed by atoms with van der Waals surface area (Å²) in [5.74, 6) is -2.40. The number of imide groups is 1. The van der Waals surface area contributed by atoms with Crippen LogP contribution in [0.4, 0.5) is 10.1 Å². The van der Waals surface area contributed by atoms with Crippen LogP contribution in [0.2, 0.25) is 0 Å². The fraction of sp³-hybridized carbons (Fsp3) is 0.455. The van der Waals surface area contributed by atoms with Gasteiger partial charge < -0.3 is 14.2 Å². The topological polar surface area (TPSA) is 132 Å². The molecule has 2 fully saturated rings. The number of ketones is 1. The van der Waals surface area contributed by atoms with Crippen LogP contribution in [0, 0.1) is 11.2 Å². The maximum Gasteiger partial charge on any atom is 0.242 e. The third-order valence-electron chi connectivity index (χ3n) is 7.03. The van der Waals surface area contributed by atoms with Crippen LogP contribution in [-0.4, -0.2) is 62.3 Å². The molecule has 5 heterocycles. The highest BCUT2D eigenvalue weighted by atomic mass is 19.1. The van der Waals surface area contributed by atoms with Crippen LogP contribution in [0.3, 0.4) is 0 Å². The number of ether oxygens (including phenoxy) is 1. The van der Waals surface area contributed by atoms with E-state index in [9.17, 15) is 14.4 Å². The number of hydrogen-bond donors (Lipinski definition) is 1. The van der Waals surface area contributed by atoms with Gasteiger partial charge in [0, 0.05) is 6.54 Å². The number of aromatic nitrogens is 4. The zero-order chi connectivity index (χ0) is 23.8. The molecule has 4 atom stereocenters. The molecule has 0 aliphatic carbocycles. The number of benzene rings is 1. The molecule has 3 aliphatic rings. The van der Waals surface area contributed by atoms with Gasteiger partial charge in [-0.3, -0.25) is 19.7 Å². The van der Waals surface area contributed by atoms with Crippen LogP contribution in [0.15, 0.2) is 23.2 Å². The number of rotatable bonds is 2. The Morgan fingerprint density at radius 3 is 2.85 bits per heavy atom. The van der Waals surface area contributed by atoms with Gasteiger partial charge in [0.05, 0.1) is 42.3 Å². The molecule has 2 amide bonds. The van der Waals surface area contributed by atoms with Crippen molar-refractivity contribution < 1.29 is 28.0 Å². The Balaban J connectivity index is 1.56. The largest absolute Gasteiger partial charge is 0.372 e. The maximum absolute atomic E-state index is 16.0. The smallest absolute Gasteiger partial charge is 0.242 e. The molecule has 1 spiro atoms. The summed E-state index contributed by atoms with van der Waals surface area (Å²) in [5.41, 5.74) is -0.403. The van der Waals surface area contributed by atoms with E-state index in [4.69, 9.17) is 9.26 Å². The monoisotopic (exact) mass is 468 g/mol. The number of nitrogens with zero attached hydrogens (tertiary/aromatic N) is 5. The highest BCUT2D eigenvalue weighted by Gasteiger charge is 2.62. The Morgan fingerprint density at radius 2 is 2.12 bits per heavy atom. The van der Waals surface area contributed by atoms with Crippen molar-refractivity contribution >= 4 is 34.3 Å². The summed E-state index contributed by atoms with van der Waals surface area (Å²) in [6.07, 6.45) is 1.57. The van der Waals surface area contributed by atoms with Crippen LogP contribution >= 0.6 is 0 Å². The number of morpholine rings is 1. The van der Waals surface area contributed by atoms with Crippen molar-refractivity contribution in [2.75, 3.05) is 11.4 Å². The van der Waals surface area contributed by atoms with Crippen molar-refractivity contribution in [2.45, 2.75) is 51.5 Å². The summed E-state index contributed by atoms with van der Waals surface area (Å²) in [6, 6.07) is 0.942. The molecule has 1 aromatic carbocycles. The van der Waals surface area contributed by atoms with Crippen molar-refractivity contribution in [2.24, 2.45) is 5.41 Å². The van der Waals surface area contributed by atoms with Gasteiger partial charge in [-0.25, -0.2) is 14.1 Å². The molecule has 1 unspecified atom stereocenters. The SMILES string of the molecule is C[C@@H]1CN2c3c(cc4c(Cn5cncn5)noc4c3F)CC3(C(=O)CC(=O)NC3=O)[C@H]2[C@H](C)O1. The van der Waals surface area contributed by atoms with Crippen LogP contribution < -0.4 is 10.2 Å². The van der Waals surface area contributed by atoms with E-state index in [0.717, 1.165) is 0 Å². The summed E-state index contributed by atoms with van der Waals surface area (Å²) >= 11 is 0. The highest BCUT2D eigenvalue weighted by Crippen LogP contribution is 2.50. The minimum Gasteiger partial charge on any atom is -0.372 e. The summed E-state index contributed by atoms with van der Waals surface area (Å²) in [7, 11) is 0. The quantitative estimate of drug-likeness (QED) is 0.427. The molecule has 0 bridgehead atoms. The molecule has 34 heavy (non-hydrogen) atoms. The van der Waals surface area contributed by atoms with Gasteiger partial charge in [-0.15, -0.1) is 0 Å². The first-order valence-electron chi connectivity index (χ1n) is 11.0. The van der Waals surface area contributed by atoms with E-state index in [-0.39, 0.29) is 36.9 Å². The molecule has 2 aromatic heterocycles. The third kappa shape index (κ3) is 2.77. The minimum atomic E-state index is -1.58. The number of amides is 2. The second kappa shape index (κ2) is 7.16. The molecule has 12 heteroatoms. The first kappa shape index (κ1) is 20.9. The standard InChI is InChI=1S/C22H21FN6O5/c1-10-6-29-18-12(3-13-14(7-28-9-24-8-25-28)27-34-19(13)17(18)23)5-22(20(29)11(2)33-10)15(30)4-16(31)26-21(22)32/h3,8-11,20H,4-7H2,1-2H3,(H,26,31,32)/t10-,11+,20-,22?/m1/s1. The van der Waals surface area contributed by atoms with Crippen molar-refractivity contribution in [3.63, 3.8) is 0 Å². The number of hydrogen-bond acceptors (Lipinski definition) is 9. The Kier molecular flexibility index (Phi) is 4.40. The number of carbonyl (C=O) groups excluding carboxylic acids is 3. The molecular formula is C22H21FN6O5. The van der Waals surface area contributed by atoms with E-state index >= 15 is 4.39 Å². The Morgan fingerprint density at radius 1 is 1.29 bits per heavy atom. The minimum absolute atomic E-state index is 0.00929. The lowest BCUT2D eigenvalue weighted by Crippen LogP contribution is -2.72. The molecule has 0 radical (unpaired) electrons. The normalized spacial score (nSPS) is 28.9. The van der Waals surface area contributed by atoms with Gasteiger partial charge in [-0.2, -0.15) is 5.10 Å². The number of fused-ring (bicyclic) bond motifs is 5. The van der Waals surface area contributed by atoms with E-state index in [1.807, 2.05) is 6.92 Å². The summed E-state index contributed by atoms with van der Waals surface area (Å²) in [5, 5.41) is 10.8. The van der Waals surface area contributed by atoms with Gasteiger partial charge in [0.15, 0.2) is 11.6 Å². The number of nitrogens with one attached hydrogen (secondary N) is 1. The molecule has 3 aliphatic heterocycles. The fourth-order valence-electron chi connectivity index (χ4n) is 5.78. The Hall–Kier alpha value is -3.67. The molecule has 1 N–H and O–H groups in total. The zero-order valence-corrected chi connectivity index (χ0v) is 18.4. The predicted molar refractivity (Wildman–Crippen MR) is 113 cm³/mol. The van der Waals surface area contributed by atoms with E-state index < -0.39 is 47.4 Å². The van der Waals surface area contributed by atoms with E-state index in [1.165, 1.54) is 17.3 Å². The second-order valence-electron chi connectivity index (χ2n) is 9.17. The van der Waals surface area contributed by atoms with Crippen molar-refractivity contribution in [1.82, 2.24) is 25.2 Å². The Bertz CT molecular complexity index is 1330. The number of piperidine rings is 1. The molecule has 2 saturated heterocycles. The van der Waals surface area contributed by atoms with Crippen LogP contribution in [0.1, 0.15) is 31.5 Å². The van der Waals surface area contributed by atoms with Gasteiger partial charge in [0.2, 0.25) is 17.4 Å². The van der Waals surface area contributed by atoms with E-state index in [1.54, 1.807) is 17.9 Å². The average Bonchev–Trinajstić information content (AvgIpc) is 3.42. The molecule has 0 saturated carbocycles. The number of carbonyl (C=O) groups is 3. The number of halogens is 1. The lowest BCUT2D eigenvalue weighted by molar-refractivity contribution is -0.158. The highest BCUT2D eigenvalue weighted by molar-refractivity contribution is 6.22. The van der Waals surface area contributed by atoms with Gasteiger partial charge in [-0.1, -0.05) is 5.16 Å². The van der Waals surface area contributed by atoms with E-state index in [0.29, 0.717) is 16.6 Å². The summed E-state index contributed by atoms with van der Waals surface area (Å²) < 4.78 is 28.9. The lowest BCUT2D eigenvalue weighted by atomic mass is 9.63. The first-order chi connectivity index (χ1) is 16.3. The molecule has 176 valence electrons. The third-order valence-corrected chi connectivity index (χ3v) is 7.03. The predicted octanol–water partition coefficient (Wildman–Crippen LogP) is 0.747. The van der Waals surface area contributed by atoms with Gasteiger partial charge >= 0.3 is 0 Å². The summed E-state index contributed by atoms with van der Waals surface area (Å²) in [6.45, 7) is 4.08. The first-order valence-corrected chi connectivity index (χ1v) is 11.0. The average molecular weight is 468 g/mol. The maximum atomic E-state index is 16.0. The lowest BCUT2D eigenvalue weighted by Gasteiger charge is -2.55. The van der Waals surface area contributed by atoms with Gasteiger partial charge in [0.1, 0.15) is 23.8 Å². The van der Waals surface area contributed by atoms with Crippen molar-refractivity contribution in [3.8, 4) is 0 Å². The van der Waals surface area contributed by atoms with E-state index in [2.05, 4.69) is 20.6 Å². The summed E-state index contributed by atoms with van der Waals surface area (Å²) in [4.78, 5) is 44.2. The van der Waals surface area contributed by atoms with Crippen molar-refractivity contribution in [1.29, 1.82) is 0 Å². The molecule has 3 aromatic rings. The molecular weight excluding hydrogens is 447 g/mol. The van der Waals surface area contributed by atoms with Crippen LogP contribution in [-0.2, 0) is 32.1 Å². The number of anilines is 1. The van der Waals surface area contributed by atoms with Crippen LogP contribution in [0.25, 0.3) is 11.0 Å². The number of Topliss-reactive ketones (excluding diaryl/α,β-unsaturated/α-hetero) is 1. The zero-order valence-electron chi connectivity index (χ0n) is 18.4. The Labute approximate surface area is 192 Å². The van der Waals surface area contributed by atoms with Crippen molar-refractivity contribution in [3.05, 3.63) is 35.8 Å². The van der Waals surface area contributed by atoms with Gasteiger partial charge in [-0.05, 0) is 31.9 Å². The second-order valence-corrected chi connectivity index (χ2v) is 9.17.